The highest BCUT2D eigenvalue weighted by Gasteiger charge is 2.07. The second kappa shape index (κ2) is 7.30. The molecule has 3 aromatic carbocycles. The maximum Gasteiger partial charge on any atom is 0.343 e. The number of hydrogen-bond acceptors (Lipinski definition) is 2. The Labute approximate surface area is 141 Å². The molecule has 116 valence electrons. The average molecular weight is 312 g/mol. The van der Waals surface area contributed by atoms with E-state index in [0.717, 1.165) is 11.1 Å². The van der Waals surface area contributed by atoms with Crippen molar-refractivity contribution in [3.63, 3.8) is 0 Å². The van der Waals surface area contributed by atoms with Crippen molar-refractivity contribution in [2.45, 2.75) is 6.92 Å². The van der Waals surface area contributed by atoms with E-state index in [-0.39, 0.29) is 5.97 Å². The van der Waals surface area contributed by atoms with Gasteiger partial charge in [0.2, 0.25) is 0 Å². The molecule has 0 unspecified atom stereocenters. The Kier molecular flexibility index (Phi) is 4.74. The fourth-order valence-electron chi connectivity index (χ4n) is 2.13. The first-order chi connectivity index (χ1) is 11.7. The number of carbonyl (C=O) groups is 1. The number of ether oxygens (including phenoxy) is 1. The van der Waals surface area contributed by atoms with Gasteiger partial charge in [-0.2, -0.15) is 0 Å². The summed E-state index contributed by atoms with van der Waals surface area (Å²) in [5.41, 5.74) is 3.53. The van der Waals surface area contributed by atoms with Crippen molar-refractivity contribution >= 4 is 5.97 Å². The van der Waals surface area contributed by atoms with Gasteiger partial charge < -0.3 is 4.74 Å². The first-order valence-electron chi connectivity index (χ1n) is 7.67. The Balaban J connectivity index is 1.69. The number of benzene rings is 3. The molecule has 0 aromatic heterocycles. The second-order valence-electron chi connectivity index (χ2n) is 5.40. The smallest absolute Gasteiger partial charge is 0.343 e. The first kappa shape index (κ1) is 15.6. The molecule has 0 heterocycles. The molecule has 0 saturated carbocycles. The zero-order valence-corrected chi connectivity index (χ0v) is 13.3. The number of rotatable bonds is 2. The van der Waals surface area contributed by atoms with E-state index in [0.29, 0.717) is 11.3 Å². The third kappa shape index (κ3) is 4.12. The van der Waals surface area contributed by atoms with Crippen LogP contribution in [0.1, 0.15) is 27.0 Å². The van der Waals surface area contributed by atoms with Gasteiger partial charge in [-0.25, -0.2) is 4.79 Å². The average Bonchev–Trinajstić information content (AvgIpc) is 2.62. The summed E-state index contributed by atoms with van der Waals surface area (Å²) in [6.07, 6.45) is 0. The van der Waals surface area contributed by atoms with Gasteiger partial charge in [0.15, 0.2) is 0 Å². The van der Waals surface area contributed by atoms with Crippen LogP contribution in [-0.4, -0.2) is 5.97 Å². The van der Waals surface area contributed by atoms with Crippen molar-refractivity contribution in [1.29, 1.82) is 0 Å². The summed E-state index contributed by atoms with van der Waals surface area (Å²) in [6.45, 7) is 2.05. The molecule has 2 heteroatoms. The van der Waals surface area contributed by atoms with Gasteiger partial charge in [0.05, 0.1) is 5.56 Å². The van der Waals surface area contributed by atoms with Gasteiger partial charge in [0, 0.05) is 11.1 Å². The minimum absolute atomic E-state index is 0.376. The standard InChI is InChI=1S/C22H16O2/c1-17-7-9-18(10-8-17)11-12-19-13-15-20(16-14-19)22(23)24-21-5-3-2-4-6-21/h2-10,13-16H,1H3. The molecule has 0 aliphatic carbocycles. The Morgan fingerprint density at radius 1 is 0.750 bits per heavy atom. The number of aryl methyl sites for hydroxylation is 1. The second-order valence-corrected chi connectivity index (χ2v) is 5.40. The minimum atomic E-state index is -0.376. The first-order valence-corrected chi connectivity index (χ1v) is 7.67. The van der Waals surface area contributed by atoms with Crippen LogP contribution in [0.3, 0.4) is 0 Å². The van der Waals surface area contributed by atoms with Crippen LogP contribution in [0.25, 0.3) is 0 Å². The Hall–Kier alpha value is -3.31. The monoisotopic (exact) mass is 312 g/mol. The Morgan fingerprint density at radius 3 is 1.88 bits per heavy atom. The lowest BCUT2D eigenvalue weighted by atomic mass is 10.1. The zero-order chi connectivity index (χ0) is 16.8. The molecule has 0 bridgehead atoms. The SMILES string of the molecule is Cc1ccc(C#Cc2ccc(C(=O)Oc3ccccc3)cc2)cc1. The normalized spacial score (nSPS) is 9.71. The van der Waals surface area contributed by atoms with Crippen LogP contribution in [0.15, 0.2) is 78.9 Å². The van der Waals surface area contributed by atoms with Gasteiger partial charge in [-0.1, -0.05) is 47.7 Å². The van der Waals surface area contributed by atoms with E-state index >= 15 is 0 Å². The summed E-state index contributed by atoms with van der Waals surface area (Å²) in [6, 6.07) is 24.2. The quantitative estimate of drug-likeness (QED) is 0.392. The van der Waals surface area contributed by atoms with Crippen molar-refractivity contribution in [3.05, 3.63) is 101 Å². The van der Waals surface area contributed by atoms with Crippen molar-refractivity contribution in [2.24, 2.45) is 0 Å². The van der Waals surface area contributed by atoms with Crippen LogP contribution < -0.4 is 4.74 Å². The molecule has 3 aromatic rings. The maximum absolute atomic E-state index is 12.1. The molecule has 0 saturated heterocycles. The molecular formula is C22H16O2. The molecular weight excluding hydrogens is 296 g/mol. The molecule has 0 aliphatic heterocycles. The van der Waals surface area contributed by atoms with Crippen LogP contribution >= 0.6 is 0 Å². The summed E-state index contributed by atoms with van der Waals surface area (Å²) in [7, 11) is 0. The summed E-state index contributed by atoms with van der Waals surface area (Å²) in [5.74, 6) is 6.36. The van der Waals surface area contributed by atoms with Crippen LogP contribution in [0, 0.1) is 18.8 Å². The summed E-state index contributed by atoms with van der Waals surface area (Å²) in [4.78, 5) is 12.1. The van der Waals surface area contributed by atoms with Gasteiger partial charge >= 0.3 is 5.97 Å². The van der Waals surface area contributed by atoms with Gasteiger partial charge in [-0.3, -0.25) is 0 Å². The highest BCUT2D eigenvalue weighted by molar-refractivity contribution is 5.91. The molecule has 24 heavy (non-hydrogen) atoms. The molecule has 0 amide bonds. The number of carbonyl (C=O) groups excluding carboxylic acids is 1. The highest BCUT2D eigenvalue weighted by atomic mass is 16.5. The van der Waals surface area contributed by atoms with Crippen LogP contribution in [-0.2, 0) is 0 Å². The summed E-state index contributed by atoms with van der Waals surface area (Å²) >= 11 is 0. The minimum Gasteiger partial charge on any atom is -0.423 e. The lowest BCUT2D eigenvalue weighted by molar-refractivity contribution is 0.0735. The highest BCUT2D eigenvalue weighted by Crippen LogP contribution is 2.12. The molecule has 0 N–H and O–H groups in total. The number of esters is 1. The van der Waals surface area contributed by atoms with Crippen LogP contribution in [0.4, 0.5) is 0 Å². The molecule has 0 fully saturated rings. The van der Waals surface area contributed by atoms with E-state index < -0.39 is 0 Å². The predicted molar refractivity (Wildman–Crippen MR) is 95.0 cm³/mol. The molecule has 3 rings (SSSR count). The molecule has 0 atom stereocenters. The molecule has 2 nitrogen and oxygen atoms in total. The predicted octanol–water partition coefficient (Wildman–Crippen LogP) is 4.61. The fourth-order valence-corrected chi connectivity index (χ4v) is 2.13. The van der Waals surface area contributed by atoms with Gasteiger partial charge in [0.25, 0.3) is 0 Å². The lowest BCUT2D eigenvalue weighted by Crippen LogP contribution is -2.08. The molecule has 0 radical (unpaired) electrons. The van der Waals surface area contributed by atoms with E-state index in [1.807, 2.05) is 61.5 Å². The Morgan fingerprint density at radius 2 is 1.29 bits per heavy atom. The molecule has 0 spiro atoms. The van der Waals surface area contributed by atoms with Crippen molar-refractivity contribution < 1.29 is 9.53 Å². The van der Waals surface area contributed by atoms with E-state index in [4.69, 9.17) is 4.74 Å². The van der Waals surface area contributed by atoms with Crippen LogP contribution in [0.5, 0.6) is 5.75 Å². The number of para-hydroxylation sites is 1. The third-order valence-electron chi connectivity index (χ3n) is 3.48. The van der Waals surface area contributed by atoms with Gasteiger partial charge in [-0.15, -0.1) is 0 Å². The van der Waals surface area contributed by atoms with Crippen LogP contribution in [0.2, 0.25) is 0 Å². The lowest BCUT2D eigenvalue weighted by Gasteiger charge is -2.03. The van der Waals surface area contributed by atoms with Gasteiger partial charge in [-0.05, 0) is 55.5 Å². The van der Waals surface area contributed by atoms with E-state index in [1.165, 1.54) is 5.56 Å². The summed E-state index contributed by atoms with van der Waals surface area (Å²) in [5, 5.41) is 0. The van der Waals surface area contributed by atoms with E-state index in [1.54, 1.807) is 24.3 Å². The van der Waals surface area contributed by atoms with E-state index in [2.05, 4.69) is 11.8 Å². The largest absolute Gasteiger partial charge is 0.423 e. The third-order valence-corrected chi connectivity index (χ3v) is 3.48. The van der Waals surface area contributed by atoms with Crippen molar-refractivity contribution in [1.82, 2.24) is 0 Å². The zero-order valence-electron chi connectivity index (χ0n) is 13.3. The van der Waals surface area contributed by atoms with Gasteiger partial charge in [0.1, 0.15) is 5.75 Å². The Bertz CT molecular complexity index is 881. The fraction of sp³-hybridized carbons (Fsp3) is 0.0455. The number of hydrogen-bond donors (Lipinski definition) is 0. The van der Waals surface area contributed by atoms with E-state index in [9.17, 15) is 4.79 Å². The summed E-state index contributed by atoms with van der Waals surface area (Å²) < 4.78 is 5.31. The maximum atomic E-state index is 12.1. The van der Waals surface area contributed by atoms with Crippen molar-refractivity contribution in [3.8, 4) is 17.6 Å². The topological polar surface area (TPSA) is 26.3 Å². The van der Waals surface area contributed by atoms with Crippen molar-refractivity contribution in [2.75, 3.05) is 0 Å². The molecule has 0 aliphatic rings.